The molecule has 0 aliphatic heterocycles. The number of hydrogen-bond donors (Lipinski definition) is 1. The van der Waals surface area contributed by atoms with Crippen molar-refractivity contribution < 1.29 is 17.6 Å². The van der Waals surface area contributed by atoms with Crippen molar-refractivity contribution in [3.05, 3.63) is 30.1 Å². The summed E-state index contributed by atoms with van der Waals surface area (Å²) in [6.45, 7) is 1.55. The quantitative estimate of drug-likeness (QED) is 0.480. The van der Waals surface area contributed by atoms with Gasteiger partial charge in [-0.3, -0.25) is 0 Å². The molecule has 2 nitrogen and oxygen atoms in total. The molecule has 0 aliphatic carbocycles. The van der Waals surface area contributed by atoms with Crippen LogP contribution in [0.15, 0.2) is 24.3 Å². The van der Waals surface area contributed by atoms with Crippen molar-refractivity contribution in [3.63, 3.8) is 0 Å². The van der Waals surface area contributed by atoms with E-state index in [0.29, 0.717) is 0 Å². The molecule has 0 aromatic heterocycles. The van der Waals surface area contributed by atoms with Crippen LogP contribution >= 0.6 is 0 Å². The molecule has 0 bridgehead atoms. The molecule has 0 amide bonds. The van der Waals surface area contributed by atoms with Gasteiger partial charge in [-0.15, -0.1) is 13.2 Å². The topological polar surface area (TPSA) is 15.3 Å². The molecule has 6 heteroatoms. The van der Waals surface area contributed by atoms with Crippen LogP contribution in [0.4, 0.5) is 23.2 Å². The van der Waals surface area contributed by atoms with Crippen molar-refractivity contribution in [2.24, 2.45) is 0 Å². The van der Waals surface area contributed by atoms with Gasteiger partial charge in [-0.2, -0.15) is 0 Å². The van der Waals surface area contributed by atoms with Crippen molar-refractivity contribution in [2.75, 3.05) is 11.6 Å². The number of alkyl halides is 3. The molecule has 0 spiro atoms. The summed E-state index contributed by atoms with van der Waals surface area (Å²) in [5, 5.41) is -0.137. The summed E-state index contributed by atoms with van der Waals surface area (Å²) in [6.07, 6.45) is -4.65. The second-order valence-electron chi connectivity index (χ2n) is 2.77. The van der Waals surface area contributed by atoms with Crippen molar-refractivity contribution >= 4 is 5.69 Å². The number of nitrogens with zero attached hydrogens (tertiary/aromatic N) is 1. The molecule has 15 heavy (non-hydrogen) atoms. The number of anilines is 1. The fourth-order valence-electron chi connectivity index (χ4n) is 1.10. The van der Waals surface area contributed by atoms with Crippen molar-refractivity contribution in [1.29, 1.82) is 0 Å². The van der Waals surface area contributed by atoms with Crippen LogP contribution in [0.5, 0.6) is 0 Å². The zero-order valence-electron chi connectivity index (χ0n) is 7.98. The first-order chi connectivity index (χ1) is 6.96. The molecule has 0 fully saturated rings. The Morgan fingerprint density at radius 2 is 1.87 bits per heavy atom. The number of benzene rings is 1. The molecular formula is C9H10F4N2. The first kappa shape index (κ1) is 11.8. The summed E-state index contributed by atoms with van der Waals surface area (Å²) in [6, 6.07) is 4.71. The molecule has 1 aromatic carbocycles. The third kappa shape index (κ3) is 2.82. The van der Waals surface area contributed by atoms with E-state index >= 15 is 0 Å². The van der Waals surface area contributed by atoms with E-state index < -0.39 is 17.8 Å². The lowest BCUT2D eigenvalue weighted by atomic mass is 10.3. The molecule has 0 heterocycles. The summed E-state index contributed by atoms with van der Waals surface area (Å²) < 4.78 is 50.5. The Labute approximate surface area is 84.5 Å². The Hall–Kier alpha value is -1.30. The maximum atomic E-state index is 13.1. The lowest BCUT2D eigenvalue weighted by molar-refractivity contribution is -0.136. The average Bonchev–Trinajstić information content (AvgIpc) is 2.14. The Morgan fingerprint density at radius 3 is 2.33 bits per heavy atom. The summed E-state index contributed by atoms with van der Waals surface area (Å²) in [4.78, 5) is 0. The maximum Gasteiger partial charge on any atom is 0.499 e. The average molecular weight is 222 g/mol. The van der Waals surface area contributed by atoms with E-state index in [0.717, 1.165) is 12.1 Å². The number of hydrogen-bond acceptors (Lipinski definition) is 2. The Balaban J connectivity index is 3.05. The lowest BCUT2D eigenvalue weighted by Crippen LogP contribution is -2.48. The van der Waals surface area contributed by atoms with Gasteiger partial charge in [0.15, 0.2) is 0 Å². The smallest absolute Gasteiger partial charge is 0.227 e. The standard InChI is InChI=1S/C9H10F4N2/c1-2-14-15(9(11,12)13)8-6-4-3-5-7(8)10/h3-6,14H,2H2,1H3. The normalized spacial score (nSPS) is 11.5. The zero-order valence-corrected chi connectivity index (χ0v) is 7.98. The minimum atomic E-state index is -4.65. The highest BCUT2D eigenvalue weighted by Crippen LogP contribution is 2.28. The van der Waals surface area contributed by atoms with Crippen LogP contribution in [-0.2, 0) is 0 Å². The van der Waals surface area contributed by atoms with Gasteiger partial charge in [0.1, 0.15) is 5.82 Å². The molecule has 84 valence electrons. The van der Waals surface area contributed by atoms with Crippen LogP contribution in [0.1, 0.15) is 6.92 Å². The van der Waals surface area contributed by atoms with Crippen molar-refractivity contribution in [1.82, 2.24) is 5.43 Å². The maximum absolute atomic E-state index is 13.1. The van der Waals surface area contributed by atoms with E-state index in [-0.39, 0.29) is 11.6 Å². The minimum absolute atomic E-state index is 0.0494. The number of hydrazine groups is 1. The second kappa shape index (κ2) is 4.48. The number of halogens is 4. The van der Waals surface area contributed by atoms with Gasteiger partial charge in [-0.05, 0) is 12.1 Å². The third-order valence-corrected chi connectivity index (χ3v) is 1.66. The summed E-state index contributed by atoms with van der Waals surface area (Å²) in [7, 11) is 0. The van der Waals surface area contributed by atoms with E-state index in [2.05, 4.69) is 0 Å². The second-order valence-corrected chi connectivity index (χ2v) is 2.77. The zero-order chi connectivity index (χ0) is 11.5. The van der Waals surface area contributed by atoms with Crippen LogP contribution in [0.25, 0.3) is 0 Å². The molecule has 1 N–H and O–H groups in total. The largest absolute Gasteiger partial charge is 0.499 e. The van der Waals surface area contributed by atoms with Crippen LogP contribution in [0, 0.1) is 5.82 Å². The molecule has 0 aliphatic rings. The van der Waals surface area contributed by atoms with Gasteiger partial charge < -0.3 is 0 Å². The van der Waals surface area contributed by atoms with Crippen LogP contribution in [0.3, 0.4) is 0 Å². The first-order valence-electron chi connectivity index (χ1n) is 4.31. The Kier molecular flexibility index (Phi) is 3.52. The SMILES string of the molecule is CCNN(c1ccccc1F)C(F)(F)F. The van der Waals surface area contributed by atoms with Gasteiger partial charge in [0, 0.05) is 6.54 Å². The molecule has 0 atom stereocenters. The van der Waals surface area contributed by atoms with Gasteiger partial charge in [-0.25, -0.2) is 14.8 Å². The van der Waals surface area contributed by atoms with Gasteiger partial charge in [-0.1, -0.05) is 19.1 Å². The third-order valence-electron chi connectivity index (χ3n) is 1.66. The van der Waals surface area contributed by atoms with Crippen LogP contribution in [0.2, 0.25) is 0 Å². The predicted molar refractivity (Wildman–Crippen MR) is 48.6 cm³/mol. The van der Waals surface area contributed by atoms with Crippen molar-refractivity contribution in [3.8, 4) is 0 Å². The molecule has 1 rings (SSSR count). The number of rotatable bonds is 3. The highest BCUT2D eigenvalue weighted by Gasteiger charge is 2.38. The van der Waals surface area contributed by atoms with Gasteiger partial charge in [0.25, 0.3) is 0 Å². The van der Waals surface area contributed by atoms with Crippen LogP contribution < -0.4 is 10.4 Å². The molecule has 0 saturated carbocycles. The van der Waals surface area contributed by atoms with E-state index in [1.165, 1.54) is 19.1 Å². The number of nitrogens with one attached hydrogen (secondary N) is 1. The van der Waals surface area contributed by atoms with Gasteiger partial charge >= 0.3 is 6.30 Å². The van der Waals surface area contributed by atoms with Crippen molar-refractivity contribution in [2.45, 2.75) is 13.2 Å². The lowest BCUT2D eigenvalue weighted by Gasteiger charge is -2.27. The molecule has 0 saturated heterocycles. The van der Waals surface area contributed by atoms with E-state index in [1.54, 1.807) is 0 Å². The predicted octanol–water partition coefficient (Wildman–Crippen LogP) is 2.68. The summed E-state index contributed by atoms with van der Waals surface area (Å²) in [5.41, 5.74) is 1.51. The summed E-state index contributed by atoms with van der Waals surface area (Å²) >= 11 is 0. The van der Waals surface area contributed by atoms with Crippen LogP contribution in [-0.4, -0.2) is 12.8 Å². The van der Waals surface area contributed by atoms with E-state index in [4.69, 9.17) is 0 Å². The number of para-hydroxylation sites is 1. The molecule has 0 unspecified atom stereocenters. The molecule has 1 aromatic rings. The summed E-state index contributed by atoms with van der Waals surface area (Å²) in [5.74, 6) is -0.921. The minimum Gasteiger partial charge on any atom is -0.227 e. The Bertz CT molecular complexity index is 324. The fourth-order valence-corrected chi connectivity index (χ4v) is 1.10. The Morgan fingerprint density at radius 1 is 1.27 bits per heavy atom. The van der Waals surface area contributed by atoms with E-state index in [1.807, 2.05) is 5.43 Å². The molecule has 0 radical (unpaired) electrons. The fraction of sp³-hybridized carbons (Fsp3) is 0.333. The van der Waals surface area contributed by atoms with Gasteiger partial charge in [0.05, 0.1) is 5.69 Å². The highest BCUT2D eigenvalue weighted by atomic mass is 19.4. The van der Waals surface area contributed by atoms with E-state index in [9.17, 15) is 17.6 Å². The van der Waals surface area contributed by atoms with Gasteiger partial charge in [0.2, 0.25) is 0 Å². The molecular weight excluding hydrogens is 212 g/mol. The monoisotopic (exact) mass is 222 g/mol. The first-order valence-corrected chi connectivity index (χ1v) is 4.31. The highest BCUT2D eigenvalue weighted by molar-refractivity contribution is 5.47.